The number of hydrogen-bond acceptors (Lipinski definition) is 4. The van der Waals surface area contributed by atoms with Crippen molar-refractivity contribution in [1.82, 2.24) is 10.2 Å². The van der Waals surface area contributed by atoms with E-state index in [0.29, 0.717) is 6.79 Å². The summed E-state index contributed by atoms with van der Waals surface area (Å²) in [5, 5.41) is 4.15. The first-order valence-electron chi connectivity index (χ1n) is 6.76. The minimum Gasteiger partial charge on any atom is -0.454 e. The average molecular weight is 283 g/mol. The van der Waals surface area contributed by atoms with Gasteiger partial charge in [0.15, 0.2) is 11.5 Å². The van der Waals surface area contributed by atoms with Gasteiger partial charge in [0.25, 0.3) is 0 Å². The number of rotatable bonds is 3. The molecule has 1 saturated heterocycles. The third kappa shape index (κ3) is 2.66. The van der Waals surface area contributed by atoms with Gasteiger partial charge >= 0.3 is 0 Å². The van der Waals surface area contributed by atoms with Crippen molar-refractivity contribution >= 4 is 11.6 Å². The summed E-state index contributed by atoms with van der Waals surface area (Å²) in [6, 6.07) is 1.88. The second-order valence-corrected chi connectivity index (χ2v) is 5.44. The van der Waals surface area contributed by atoms with Gasteiger partial charge in [0, 0.05) is 43.8 Å². The van der Waals surface area contributed by atoms with Crippen molar-refractivity contribution < 1.29 is 9.47 Å². The zero-order chi connectivity index (χ0) is 13.2. The lowest BCUT2D eigenvalue weighted by Gasteiger charge is -2.27. The molecule has 2 aliphatic heterocycles. The second kappa shape index (κ2) is 5.57. The molecule has 2 heterocycles. The molecular formula is C14H19ClN2O2. The molecule has 5 heteroatoms. The highest BCUT2D eigenvalue weighted by Gasteiger charge is 2.21. The van der Waals surface area contributed by atoms with E-state index in [1.807, 2.05) is 6.07 Å². The third-order valence-electron chi connectivity index (χ3n) is 3.87. The molecule has 1 aromatic rings. The molecule has 3 rings (SSSR count). The Morgan fingerprint density at radius 1 is 1.32 bits per heavy atom. The van der Waals surface area contributed by atoms with Gasteiger partial charge < -0.3 is 19.7 Å². The van der Waals surface area contributed by atoms with Gasteiger partial charge in [-0.05, 0) is 24.5 Å². The van der Waals surface area contributed by atoms with Crippen LogP contribution in [0.3, 0.4) is 0 Å². The molecule has 0 radical (unpaired) electrons. The Hall–Kier alpha value is -0.970. The van der Waals surface area contributed by atoms with E-state index in [2.05, 4.69) is 17.1 Å². The summed E-state index contributed by atoms with van der Waals surface area (Å²) >= 11 is 6.36. The minimum atomic E-state index is 0.299. The first kappa shape index (κ1) is 13.0. The maximum absolute atomic E-state index is 6.36. The fourth-order valence-corrected chi connectivity index (χ4v) is 3.05. The lowest BCUT2D eigenvalue weighted by molar-refractivity contribution is 0.173. The molecule has 0 aromatic heterocycles. The van der Waals surface area contributed by atoms with E-state index < -0.39 is 0 Å². The van der Waals surface area contributed by atoms with Crippen LogP contribution < -0.4 is 14.8 Å². The van der Waals surface area contributed by atoms with Gasteiger partial charge in [0.2, 0.25) is 6.79 Å². The monoisotopic (exact) mass is 282 g/mol. The van der Waals surface area contributed by atoms with Gasteiger partial charge in [0.05, 0.1) is 0 Å². The maximum atomic E-state index is 6.36. The molecule has 0 aliphatic carbocycles. The molecule has 19 heavy (non-hydrogen) atoms. The normalized spacial score (nSPS) is 18.8. The molecular weight excluding hydrogens is 264 g/mol. The summed E-state index contributed by atoms with van der Waals surface area (Å²) in [6.07, 6.45) is 0.960. The van der Waals surface area contributed by atoms with Crippen molar-refractivity contribution in [3.8, 4) is 11.5 Å². The number of hydrogen-bond donors (Lipinski definition) is 1. The predicted molar refractivity (Wildman–Crippen MR) is 75.3 cm³/mol. The molecule has 0 saturated carbocycles. The fraction of sp³-hybridized carbons (Fsp3) is 0.571. The highest BCUT2D eigenvalue weighted by atomic mass is 35.5. The van der Waals surface area contributed by atoms with Crippen LogP contribution in [0.4, 0.5) is 0 Å². The Labute approximate surface area is 118 Å². The SMILES string of the molecule is Cc1c(CCN2CCNCC2)c(Cl)cc2c1OCO2. The summed E-state index contributed by atoms with van der Waals surface area (Å²) in [5.74, 6) is 1.63. The van der Waals surface area contributed by atoms with Crippen molar-refractivity contribution in [2.24, 2.45) is 0 Å². The quantitative estimate of drug-likeness (QED) is 0.917. The van der Waals surface area contributed by atoms with E-state index in [-0.39, 0.29) is 0 Å². The smallest absolute Gasteiger partial charge is 0.231 e. The van der Waals surface area contributed by atoms with E-state index in [9.17, 15) is 0 Å². The van der Waals surface area contributed by atoms with Gasteiger partial charge in [-0.15, -0.1) is 0 Å². The molecule has 1 N–H and O–H groups in total. The molecule has 0 amide bonds. The fourth-order valence-electron chi connectivity index (χ4n) is 2.72. The zero-order valence-corrected chi connectivity index (χ0v) is 11.9. The maximum Gasteiger partial charge on any atom is 0.231 e. The van der Waals surface area contributed by atoms with Crippen molar-refractivity contribution in [3.05, 3.63) is 22.2 Å². The van der Waals surface area contributed by atoms with Crippen LogP contribution in [0.25, 0.3) is 0 Å². The molecule has 2 aliphatic rings. The Balaban J connectivity index is 1.73. The first-order chi connectivity index (χ1) is 9.25. The van der Waals surface area contributed by atoms with Crippen molar-refractivity contribution in [3.63, 3.8) is 0 Å². The largest absolute Gasteiger partial charge is 0.454 e. The average Bonchev–Trinajstić information content (AvgIpc) is 2.88. The van der Waals surface area contributed by atoms with Crippen LogP contribution >= 0.6 is 11.6 Å². The summed E-state index contributed by atoms with van der Waals surface area (Å²) in [7, 11) is 0. The Morgan fingerprint density at radius 2 is 2.11 bits per heavy atom. The first-order valence-corrected chi connectivity index (χ1v) is 7.14. The predicted octanol–water partition coefficient (Wildman–Crippen LogP) is 1.82. The van der Waals surface area contributed by atoms with E-state index in [1.54, 1.807) is 0 Å². The second-order valence-electron chi connectivity index (χ2n) is 5.04. The van der Waals surface area contributed by atoms with Crippen LogP contribution in [0.15, 0.2) is 6.07 Å². The Kier molecular flexibility index (Phi) is 3.82. The summed E-state index contributed by atoms with van der Waals surface area (Å²) < 4.78 is 10.9. The third-order valence-corrected chi connectivity index (χ3v) is 4.21. The Morgan fingerprint density at radius 3 is 2.89 bits per heavy atom. The van der Waals surface area contributed by atoms with Crippen LogP contribution in [-0.4, -0.2) is 44.4 Å². The van der Waals surface area contributed by atoms with Crippen LogP contribution in [0, 0.1) is 6.92 Å². The molecule has 0 atom stereocenters. The summed E-state index contributed by atoms with van der Waals surface area (Å²) in [4.78, 5) is 2.47. The number of benzene rings is 1. The molecule has 1 aromatic carbocycles. The van der Waals surface area contributed by atoms with E-state index >= 15 is 0 Å². The molecule has 1 fully saturated rings. The lowest BCUT2D eigenvalue weighted by atomic mass is 10.0. The van der Waals surface area contributed by atoms with Crippen LogP contribution in [-0.2, 0) is 6.42 Å². The molecule has 0 spiro atoms. The van der Waals surface area contributed by atoms with Crippen LogP contribution in [0.2, 0.25) is 5.02 Å². The van der Waals surface area contributed by atoms with Gasteiger partial charge in [-0.2, -0.15) is 0 Å². The minimum absolute atomic E-state index is 0.299. The standard InChI is InChI=1S/C14H19ClN2O2/c1-10-11(2-5-17-6-3-16-4-7-17)12(15)8-13-14(10)19-9-18-13/h8,16H,2-7,9H2,1H3. The van der Waals surface area contributed by atoms with E-state index in [1.165, 1.54) is 5.56 Å². The van der Waals surface area contributed by atoms with Crippen molar-refractivity contribution in [1.29, 1.82) is 0 Å². The lowest BCUT2D eigenvalue weighted by Crippen LogP contribution is -2.44. The van der Waals surface area contributed by atoms with Gasteiger partial charge in [-0.1, -0.05) is 11.6 Å². The zero-order valence-electron chi connectivity index (χ0n) is 11.2. The number of nitrogens with one attached hydrogen (secondary N) is 1. The van der Waals surface area contributed by atoms with E-state index in [0.717, 1.165) is 61.2 Å². The van der Waals surface area contributed by atoms with E-state index in [4.69, 9.17) is 21.1 Å². The van der Waals surface area contributed by atoms with Crippen LogP contribution in [0.1, 0.15) is 11.1 Å². The van der Waals surface area contributed by atoms with Crippen molar-refractivity contribution in [2.75, 3.05) is 39.5 Å². The Bertz CT molecular complexity index is 473. The van der Waals surface area contributed by atoms with Gasteiger partial charge in [-0.3, -0.25) is 0 Å². The number of piperazine rings is 1. The molecule has 0 bridgehead atoms. The number of halogens is 1. The number of nitrogens with zero attached hydrogens (tertiary/aromatic N) is 1. The highest BCUT2D eigenvalue weighted by Crippen LogP contribution is 2.40. The topological polar surface area (TPSA) is 33.7 Å². The summed E-state index contributed by atoms with van der Waals surface area (Å²) in [5.41, 5.74) is 2.31. The molecule has 104 valence electrons. The highest BCUT2D eigenvalue weighted by molar-refractivity contribution is 6.31. The van der Waals surface area contributed by atoms with Crippen LogP contribution in [0.5, 0.6) is 11.5 Å². The van der Waals surface area contributed by atoms with Gasteiger partial charge in [-0.25, -0.2) is 0 Å². The number of fused-ring (bicyclic) bond motifs is 1. The van der Waals surface area contributed by atoms with Crippen molar-refractivity contribution in [2.45, 2.75) is 13.3 Å². The molecule has 0 unspecified atom stereocenters. The van der Waals surface area contributed by atoms with Gasteiger partial charge in [0.1, 0.15) is 0 Å². The summed E-state index contributed by atoms with van der Waals surface area (Å²) in [6.45, 7) is 7.78. The molecule has 4 nitrogen and oxygen atoms in total. The number of ether oxygens (including phenoxy) is 2.